The number of amides is 1. The van der Waals surface area contributed by atoms with E-state index in [1.165, 1.54) is 30.6 Å². The summed E-state index contributed by atoms with van der Waals surface area (Å²) in [6.07, 6.45) is 3.31. The van der Waals surface area contributed by atoms with Gasteiger partial charge in [0.15, 0.2) is 0 Å². The molecule has 0 fully saturated rings. The molecule has 0 spiro atoms. The van der Waals surface area contributed by atoms with E-state index in [4.69, 9.17) is 14.2 Å². The van der Waals surface area contributed by atoms with Gasteiger partial charge in [0.25, 0.3) is 16.0 Å². The Morgan fingerprint density at radius 2 is 1.76 bits per heavy atom. The van der Waals surface area contributed by atoms with Crippen LogP contribution in [0, 0.1) is 0 Å². The minimum absolute atomic E-state index is 0.214. The molecule has 0 saturated heterocycles. The van der Waals surface area contributed by atoms with E-state index in [0.29, 0.717) is 64.0 Å². The normalized spacial score (nSPS) is 11.6. The lowest BCUT2D eigenvalue weighted by molar-refractivity contribution is 0.0166. The monoisotopic (exact) mass is 494 g/mol. The Balaban J connectivity index is 1.67. The van der Waals surface area contributed by atoms with Crippen LogP contribution in [0.1, 0.15) is 29.3 Å². The highest BCUT2D eigenvalue weighted by molar-refractivity contribution is 7.86. The average Bonchev–Trinajstić information content (AvgIpc) is 2.82. The van der Waals surface area contributed by atoms with E-state index >= 15 is 0 Å². The third-order valence-electron chi connectivity index (χ3n) is 4.30. The van der Waals surface area contributed by atoms with Crippen LogP contribution in [0.4, 0.5) is 5.82 Å². The van der Waals surface area contributed by atoms with Gasteiger partial charge in [0.05, 0.1) is 38.2 Å². The topological polar surface area (TPSA) is 148 Å². The third kappa shape index (κ3) is 10.4. The van der Waals surface area contributed by atoms with E-state index < -0.39 is 10.1 Å². The number of ether oxygens (including phenoxy) is 3. The zero-order valence-electron chi connectivity index (χ0n) is 19.0. The van der Waals surface area contributed by atoms with Crippen LogP contribution >= 0.6 is 0 Å². The molecule has 12 heteroatoms. The highest BCUT2D eigenvalue weighted by atomic mass is 32.2. The molecule has 0 aliphatic rings. The molecule has 0 radical (unpaired) electrons. The van der Waals surface area contributed by atoms with Crippen molar-refractivity contribution in [3.63, 3.8) is 0 Å². The first-order valence-electron chi connectivity index (χ1n) is 10.7. The Morgan fingerprint density at radius 3 is 2.44 bits per heavy atom. The largest absolute Gasteiger partial charge is 0.379 e. The number of rotatable bonds is 16. The second-order valence-corrected chi connectivity index (χ2v) is 8.24. The number of nitrogens with one attached hydrogen (secondary N) is 2. The number of hydrogen-bond acceptors (Lipinski definition) is 9. The van der Waals surface area contributed by atoms with Gasteiger partial charge in [-0.15, -0.1) is 0 Å². The SMILES string of the molecule is CCOCCOCCOCCCNC(=O)c1ccc(N/N=C/c2ccccc2S(=O)(=O)O)nc1. The second kappa shape index (κ2) is 15.1. The molecule has 34 heavy (non-hydrogen) atoms. The van der Waals surface area contributed by atoms with Crippen molar-refractivity contribution in [2.45, 2.75) is 18.2 Å². The van der Waals surface area contributed by atoms with Gasteiger partial charge in [-0.3, -0.25) is 14.8 Å². The van der Waals surface area contributed by atoms with E-state index in [1.54, 1.807) is 18.2 Å². The number of hydrazone groups is 1. The number of benzene rings is 1. The number of aromatic nitrogens is 1. The average molecular weight is 495 g/mol. The fraction of sp³-hybridized carbons (Fsp3) is 0.409. The second-order valence-electron chi connectivity index (χ2n) is 6.85. The smallest absolute Gasteiger partial charge is 0.295 e. The third-order valence-corrected chi connectivity index (χ3v) is 5.23. The van der Waals surface area contributed by atoms with Gasteiger partial charge in [0.1, 0.15) is 10.7 Å². The van der Waals surface area contributed by atoms with Crippen molar-refractivity contribution < 1.29 is 32.0 Å². The Bertz CT molecular complexity index is 1010. The van der Waals surface area contributed by atoms with Crippen LogP contribution in [0.25, 0.3) is 0 Å². The first-order chi connectivity index (χ1) is 16.4. The van der Waals surface area contributed by atoms with E-state index in [0.717, 1.165) is 0 Å². The number of anilines is 1. The maximum absolute atomic E-state index is 12.2. The molecule has 0 saturated carbocycles. The molecular formula is C22H30N4O7S. The molecule has 1 aromatic carbocycles. The van der Waals surface area contributed by atoms with Crippen LogP contribution in [0.15, 0.2) is 52.6 Å². The van der Waals surface area contributed by atoms with Gasteiger partial charge in [0.2, 0.25) is 0 Å². The summed E-state index contributed by atoms with van der Waals surface area (Å²) < 4.78 is 48.0. The maximum Gasteiger partial charge on any atom is 0.295 e. The van der Waals surface area contributed by atoms with E-state index in [9.17, 15) is 17.8 Å². The summed E-state index contributed by atoms with van der Waals surface area (Å²) in [6.45, 7) is 5.69. The standard InChI is InChI=1S/C22H30N4O7S/c1-2-31-12-13-33-15-14-32-11-5-10-23-22(27)19-8-9-21(24-16-19)26-25-17-18-6-3-4-7-20(18)34(28,29)30/h3-4,6-9,16-17H,2,5,10-15H2,1H3,(H,23,27)(H,24,26)(H,28,29,30)/b25-17+. The molecule has 1 amide bonds. The first-order valence-corrected chi connectivity index (χ1v) is 12.2. The van der Waals surface area contributed by atoms with Gasteiger partial charge in [-0.1, -0.05) is 18.2 Å². The molecule has 2 aromatic rings. The number of carbonyl (C=O) groups is 1. The highest BCUT2D eigenvalue weighted by Crippen LogP contribution is 2.13. The lowest BCUT2D eigenvalue weighted by Crippen LogP contribution is -2.25. The summed E-state index contributed by atoms with van der Waals surface area (Å²) in [4.78, 5) is 16.0. The van der Waals surface area contributed by atoms with Gasteiger partial charge in [-0.05, 0) is 31.5 Å². The molecule has 0 bridgehead atoms. The van der Waals surface area contributed by atoms with Crippen molar-refractivity contribution in [3.8, 4) is 0 Å². The molecule has 1 heterocycles. The van der Waals surface area contributed by atoms with E-state index in [-0.39, 0.29) is 16.4 Å². The zero-order valence-corrected chi connectivity index (χ0v) is 19.8. The van der Waals surface area contributed by atoms with E-state index in [2.05, 4.69) is 20.8 Å². The van der Waals surface area contributed by atoms with Gasteiger partial charge < -0.3 is 19.5 Å². The maximum atomic E-state index is 12.2. The highest BCUT2D eigenvalue weighted by Gasteiger charge is 2.13. The van der Waals surface area contributed by atoms with Crippen LogP contribution in [-0.2, 0) is 24.3 Å². The van der Waals surface area contributed by atoms with Crippen molar-refractivity contribution >= 4 is 28.1 Å². The minimum atomic E-state index is -4.36. The van der Waals surface area contributed by atoms with Crippen LogP contribution in [-0.4, -0.2) is 76.3 Å². The Kier molecular flexibility index (Phi) is 12.1. The number of hydrogen-bond donors (Lipinski definition) is 3. The zero-order chi connectivity index (χ0) is 24.7. The van der Waals surface area contributed by atoms with E-state index in [1.807, 2.05) is 6.92 Å². The fourth-order valence-corrected chi connectivity index (χ4v) is 3.32. The summed E-state index contributed by atoms with van der Waals surface area (Å²) in [6, 6.07) is 9.03. The van der Waals surface area contributed by atoms with Gasteiger partial charge in [-0.2, -0.15) is 13.5 Å². The van der Waals surface area contributed by atoms with Gasteiger partial charge >= 0.3 is 0 Å². The molecule has 2 rings (SSSR count). The minimum Gasteiger partial charge on any atom is -0.379 e. The van der Waals surface area contributed by atoms with Crippen molar-refractivity contribution in [1.82, 2.24) is 10.3 Å². The summed E-state index contributed by atoms with van der Waals surface area (Å²) in [5.41, 5.74) is 3.24. The molecular weight excluding hydrogens is 464 g/mol. The molecule has 0 aliphatic heterocycles. The van der Waals surface area contributed by atoms with Crippen LogP contribution < -0.4 is 10.7 Å². The summed E-state index contributed by atoms with van der Waals surface area (Å²) in [5, 5.41) is 6.72. The predicted molar refractivity (Wildman–Crippen MR) is 127 cm³/mol. The summed E-state index contributed by atoms with van der Waals surface area (Å²) in [5.74, 6) is 0.0953. The molecule has 0 aliphatic carbocycles. The summed E-state index contributed by atoms with van der Waals surface area (Å²) >= 11 is 0. The molecule has 3 N–H and O–H groups in total. The van der Waals surface area contributed by atoms with Crippen LogP contribution in [0.3, 0.4) is 0 Å². The van der Waals surface area contributed by atoms with Gasteiger partial charge in [-0.25, -0.2) is 4.98 Å². The first kappa shape index (κ1) is 27.3. The number of carbonyl (C=O) groups excluding carboxylic acids is 1. The van der Waals surface area contributed by atoms with Crippen molar-refractivity contribution in [1.29, 1.82) is 0 Å². The van der Waals surface area contributed by atoms with Crippen molar-refractivity contribution in [2.75, 3.05) is 51.6 Å². The van der Waals surface area contributed by atoms with Crippen molar-refractivity contribution in [3.05, 3.63) is 53.7 Å². The summed E-state index contributed by atoms with van der Waals surface area (Å²) in [7, 11) is -4.36. The fourth-order valence-electron chi connectivity index (χ4n) is 2.65. The van der Waals surface area contributed by atoms with Crippen LogP contribution in [0.2, 0.25) is 0 Å². The van der Waals surface area contributed by atoms with Gasteiger partial charge in [0, 0.05) is 31.5 Å². The molecule has 186 valence electrons. The predicted octanol–water partition coefficient (Wildman–Crippen LogP) is 1.96. The molecule has 0 unspecified atom stereocenters. The van der Waals surface area contributed by atoms with Crippen LogP contribution in [0.5, 0.6) is 0 Å². The Morgan fingerprint density at radius 1 is 1.06 bits per heavy atom. The number of pyridine rings is 1. The number of nitrogens with zero attached hydrogens (tertiary/aromatic N) is 2. The molecule has 1 aromatic heterocycles. The lowest BCUT2D eigenvalue weighted by Gasteiger charge is -2.07. The molecule has 0 atom stereocenters. The molecule has 11 nitrogen and oxygen atoms in total. The lowest BCUT2D eigenvalue weighted by atomic mass is 10.2. The Hall–Kier alpha value is -2.90. The van der Waals surface area contributed by atoms with Crippen molar-refractivity contribution in [2.24, 2.45) is 5.10 Å². The Labute approximate surface area is 199 Å². The quantitative estimate of drug-likeness (QED) is 0.138.